The minimum absolute atomic E-state index is 0.293. The number of anilines is 1. The highest BCUT2D eigenvalue weighted by molar-refractivity contribution is 5.64. The first kappa shape index (κ1) is 14.2. The SMILES string of the molecule is Cc1cc(C#N)c(N=Nc2ccc(N)cc2C)c(C#N)c1. The summed E-state index contributed by atoms with van der Waals surface area (Å²) in [4.78, 5) is 0. The Kier molecular flexibility index (Phi) is 3.97. The molecule has 21 heavy (non-hydrogen) atoms. The predicted octanol–water partition coefficient (Wildman–Crippen LogP) is 4.04. The molecule has 0 spiro atoms. The van der Waals surface area contributed by atoms with Gasteiger partial charge >= 0.3 is 0 Å². The number of nitrogen functional groups attached to an aromatic ring is 1. The lowest BCUT2D eigenvalue weighted by Crippen LogP contribution is -1.86. The van der Waals surface area contributed by atoms with Crippen molar-refractivity contribution in [2.24, 2.45) is 10.2 Å². The van der Waals surface area contributed by atoms with Gasteiger partial charge in [0.1, 0.15) is 17.8 Å². The number of benzene rings is 2. The van der Waals surface area contributed by atoms with Crippen LogP contribution in [0.25, 0.3) is 0 Å². The third-order valence-electron chi connectivity index (χ3n) is 2.97. The van der Waals surface area contributed by atoms with Crippen LogP contribution in [0.15, 0.2) is 40.6 Å². The van der Waals surface area contributed by atoms with Crippen LogP contribution in [-0.4, -0.2) is 0 Å². The Morgan fingerprint density at radius 3 is 2.10 bits per heavy atom. The van der Waals surface area contributed by atoms with Gasteiger partial charge in [-0.2, -0.15) is 15.6 Å². The van der Waals surface area contributed by atoms with E-state index in [1.807, 2.05) is 26.0 Å². The minimum Gasteiger partial charge on any atom is -0.399 e. The van der Waals surface area contributed by atoms with Crippen molar-refractivity contribution in [3.63, 3.8) is 0 Å². The zero-order valence-electron chi connectivity index (χ0n) is 11.8. The Labute approximate surface area is 123 Å². The second-order valence-corrected chi connectivity index (χ2v) is 4.68. The quantitative estimate of drug-likeness (QED) is 0.661. The van der Waals surface area contributed by atoms with Crippen LogP contribution in [0.3, 0.4) is 0 Å². The Morgan fingerprint density at radius 1 is 0.952 bits per heavy atom. The van der Waals surface area contributed by atoms with E-state index < -0.39 is 0 Å². The molecule has 0 aromatic heterocycles. The largest absolute Gasteiger partial charge is 0.399 e. The zero-order chi connectivity index (χ0) is 15.4. The maximum absolute atomic E-state index is 9.17. The van der Waals surface area contributed by atoms with Crippen LogP contribution in [-0.2, 0) is 0 Å². The number of nitrogens with two attached hydrogens (primary N) is 1. The van der Waals surface area contributed by atoms with E-state index in [1.165, 1.54) is 0 Å². The summed E-state index contributed by atoms with van der Waals surface area (Å²) in [7, 11) is 0. The van der Waals surface area contributed by atoms with E-state index in [9.17, 15) is 10.5 Å². The second kappa shape index (κ2) is 5.85. The van der Waals surface area contributed by atoms with Gasteiger partial charge < -0.3 is 5.73 Å². The predicted molar refractivity (Wildman–Crippen MR) is 80.4 cm³/mol. The highest BCUT2D eigenvalue weighted by Crippen LogP contribution is 2.29. The van der Waals surface area contributed by atoms with Crippen LogP contribution in [0.4, 0.5) is 17.1 Å². The molecule has 0 heterocycles. The summed E-state index contributed by atoms with van der Waals surface area (Å²) >= 11 is 0. The average molecular weight is 275 g/mol. The molecule has 2 N–H and O–H groups in total. The molecule has 0 aliphatic rings. The number of nitrogens with zero attached hydrogens (tertiary/aromatic N) is 4. The lowest BCUT2D eigenvalue weighted by Gasteiger charge is -2.03. The first-order chi connectivity index (χ1) is 10.0. The van der Waals surface area contributed by atoms with Crippen molar-refractivity contribution >= 4 is 17.1 Å². The van der Waals surface area contributed by atoms with Gasteiger partial charge in [-0.1, -0.05) is 0 Å². The van der Waals surface area contributed by atoms with Crippen LogP contribution >= 0.6 is 0 Å². The third kappa shape index (κ3) is 3.05. The zero-order valence-corrected chi connectivity index (χ0v) is 11.8. The normalized spacial score (nSPS) is 10.3. The van der Waals surface area contributed by atoms with Gasteiger partial charge in [0.2, 0.25) is 0 Å². The summed E-state index contributed by atoms with van der Waals surface area (Å²) < 4.78 is 0. The number of azo groups is 1. The van der Waals surface area contributed by atoms with E-state index in [4.69, 9.17) is 5.73 Å². The van der Waals surface area contributed by atoms with E-state index in [1.54, 1.807) is 30.3 Å². The lowest BCUT2D eigenvalue weighted by atomic mass is 10.1. The van der Waals surface area contributed by atoms with Gasteiger partial charge in [-0.05, 0) is 55.3 Å². The second-order valence-electron chi connectivity index (χ2n) is 4.68. The smallest absolute Gasteiger partial charge is 0.121 e. The standard InChI is InChI=1S/C16H13N5/c1-10-5-12(8-17)16(13(6-10)9-18)21-20-15-4-3-14(19)7-11(15)2/h3-7H,19H2,1-2H3. The molecule has 0 bridgehead atoms. The molecule has 2 aromatic carbocycles. The molecular weight excluding hydrogens is 262 g/mol. The minimum atomic E-state index is 0.293. The molecule has 0 saturated heterocycles. The van der Waals surface area contributed by atoms with E-state index in [2.05, 4.69) is 10.2 Å². The maximum Gasteiger partial charge on any atom is 0.121 e. The van der Waals surface area contributed by atoms with Crippen molar-refractivity contribution in [1.29, 1.82) is 10.5 Å². The van der Waals surface area contributed by atoms with Gasteiger partial charge in [-0.3, -0.25) is 0 Å². The highest BCUT2D eigenvalue weighted by atomic mass is 15.1. The molecule has 0 atom stereocenters. The molecular formula is C16H13N5. The summed E-state index contributed by atoms with van der Waals surface area (Å²) in [6.07, 6.45) is 0. The van der Waals surface area contributed by atoms with Gasteiger partial charge in [0.15, 0.2) is 0 Å². The van der Waals surface area contributed by atoms with Crippen molar-refractivity contribution in [2.75, 3.05) is 5.73 Å². The summed E-state index contributed by atoms with van der Waals surface area (Å²) in [5.41, 5.74) is 9.67. The highest BCUT2D eigenvalue weighted by Gasteiger charge is 2.09. The topological polar surface area (TPSA) is 98.3 Å². The Morgan fingerprint density at radius 2 is 1.57 bits per heavy atom. The fraction of sp³-hybridized carbons (Fsp3) is 0.125. The van der Waals surface area contributed by atoms with Crippen molar-refractivity contribution in [3.8, 4) is 12.1 Å². The molecule has 0 saturated carbocycles. The third-order valence-corrected chi connectivity index (χ3v) is 2.97. The molecule has 5 heteroatoms. The molecule has 2 aromatic rings. The molecule has 0 unspecified atom stereocenters. The van der Waals surface area contributed by atoms with Crippen molar-refractivity contribution < 1.29 is 0 Å². The van der Waals surface area contributed by atoms with E-state index in [-0.39, 0.29) is 0 Å². The average Bonchev–Trinajstić information content (AvgIpc) is 2.46. The van der Waals surface area contributed by atoms with Crippen molar-refractivity contribution in [1.82, 2.24) is 0 Å². The molecule has 0 aliphatic heterocycles. The van der Waals surface area contributed by atoms with Gasteiger partial charge in [0.05, 0.1) is 16.8 Å². The summed E-state index contributed by atoms with van der Waals surface area (Å²) in [6.45, 7) is 3.70. The van der Waals surface area contributed by atoms with Crippen molar-refractivity contribution in [2.45, 2.75) is 13.8 Å². The molecule has 102 valence electrons. The monoisotopic (exact) mass is 275 g/mol. The molecule has 2 rings (SSSR count). The summed E-state index contributed by atoms with van der Waals surface area (Å²) in [5.74, 6) is 0. The van der Waals surface area contributed by atoms with Crippen LogP contribution in [0.2, 0.25) is 0 Å². The van der Waals surface area contributed by atoms with Crippen LogP contribution in [0.5, 0.6) is 0 Å². The number of nitriles is 2. The van der Waals surface area contributed by atoms with Crippen molar-refractivity contribution in [3.05, 3.63) is 52.6 Å². The fourth-order valence-corrected chi connectivity index (χ4v) is 1.95. The lowest BCUT2D eigenvalue weighted by molar-refractivity contribution is 1.19. The van der Waals surface area contributed by atoms with Crippen LogP contribution < -0.4 is 5.73 Å². The molecule has 5 nitrogen and oxygen atoms in total. The summed E-state index contributed by atoms with van der Waals surface area (Å²) in [5, 5.41) is 26.6. The first-order valence-corrected chi connectivity index (χ1v) is 6.28. The van der Waals surface area contributed by atoms with Crippen LogP contribution in [0, 0.1) is 36.5 Å². The van der Waals surface area contributed by atoms with Gasteiger partial charge in [0, 0.05) is 5.69 Å². The maximum atomic E-state index is 9.17. The number of rotatable bonds is 2. The number of hydrogen-bond acceptors (Lipinski definition) is 5. The fourth-order valence-electron chi connectivity index (χ4n) is 1.95. The van der Waals surface area contributed by atoms with E-state index in [0.29, 0.717) is 28.2 Å². The van der Waals surface area contributed by atoms with E-state index >= 15 is 0 Å². The molecule has 0 radical (unpaired) electrons. The van der Waals surface area contributed by atoms with Gasteiger partial charge in [-0.25, -0.2) is 0 Å². The van der Waals surface area contributed by atoms with Gasteiger partial charge in [-0.15, -0.1) is 5.11 Å². The molecule has 0 fully saturated rings. The summed E-state index contributed by atoms with van der Waals surface area (Å²) in [6, 6.07) is 12.7. The molecule has 0 aliphatic carbocycles. The number of hydrogen-bond donors (Lipinski definition) is 1. The Bertz CT molecular complexity index is 771. The van der Waals surface area contributed by atoms with E-state index in [0.717, 1.165) is 11.1 Å². The van der Waals surface area contributed by atoms with Gasteiger partial charge in [0.25, 0.3) is 0 Å². The van der Waals surface area contributed by atoms with Crippen LogP contribution in [0.1, 0.15) is 22.3 Å². The Hall–Kier alpha value is -3.18. The first-order valence-electron chi connectivity index (χ1n) is 6.28. The number of aryl methyl sites for hydroxylation is 2. The Balaban J connectivity index is 2.51. The molecule has 0 amide bonds.